The second-order valence-corrected chi connectivity index (χ2v) is 9.61. The SMILES string of the molecule is CCC(CCC(=O)NCC(CC(=O)O)C1CC1)NC(=O)OCC1c2ccccc2-c2ccccc21. The van der Waals surface area contributed by atoms with Crippen molar-refractivity contribution < 1.29 is 24.2 Å². The Morgan fingerprint density at radius 3 is 2.23 bits per heavy atom. The first-order valence-electron chi connectivity index (χ1n) is 12.6. The molecule has 0 radical (unpaired) electrons. The first kappa shape index (κ1) is 24.8. The molecule has 7 nitrogen and oxygen atoms in total. The Bertz CT molecular complexity index is 1020. The number of hydrogen-bond acceptors (Lipinski definition) is 4. The molecule has 7 heteroatoms. The fourth-order valence-corrected chi connectivity index (χ4v) is 5.02. The molecule has 1 fully saturated rings. The van der Waals surface area contributed by atoms with Crippen molar-refractivity contribution in [2.75, 3.05) is 13.2 Å². The normalized spacial score (nSPS) is 16.0. The van der Waals surface area contributed by atoms with Crippen molar-refractivity contribution in [3.63, 3.8) is 0 Å². The van der Waals surface area contributed by atoms with Gasteiger partial charge in [-0.05, 0) is 59.8 Å². The minimum Gasteiger partial charge on any atom is -0.481 e. The van der Waals surface area contributed by atoms with Crippen LogP contribution in [-0.4, -0.2) is 42.3 Å². The van der Waals surface area contributed by atoms with E-state index in [1.807, 2.05) is 31.2 Å². The molecule has 0 bridgehead atoms. The quantitative estimate of drug-likeness (QED) is 0.410. The van der Waals surface area contributed by atoms with Crippen LogP contribution in [0.25, 0.3) is 11.1 Å². The Hall–Kier alpha value is -3.35. The summed E-state index contributed by atoms with van der Waals surface area (Å²) in [6.07, 6.45) is 3.14. The first-order chi connectivity index (χ1) is 17.0. The van der Waals surface area contributed by atoms with Crippen LogP contribution in [0, 0.1) is 11.8 Å². The molecule has 0 saturated heterocycles. The third-order valence-corrected chi connectivity index (χ3v) is 7.17. The molecule has 0 aliphatic heterocycles. The summed E-state index contributed by atoms with van der Waals surface area (Å²) >= 11 is 0. The number of aliphatic carboxylic acids is 1. The zero-order valence-electron chi connectivity index (χ0n) is 20.2. The lowest BCUT2D eigenvalue weighted by atomic mass is 9.98. The maximum absolute atomic E-state index is 12.5. The van der Waals surface area contributed by atoms with Gasteiger partial charge in [-0.3, -0.25) is 9.59 Å². The molecule has 186 valence electrons. The fourth-order valence-electron chi connectivity index (χ4n) is 5.02. The number of hydrogen-bond donors (Lipinski definition) is 3. The van der Waals surface area contributed by atoms with Gasteiger partial charge in [0.05, 0.1) is 6.42 Å². The van der Waals surface area contributed by atoms with Gasteiger partial charge in [0.2, 0.25) is 5.91 Å². The first-order valence-corrected chi connectivity index (χ1v) is 12.6. The molecule has 0 heterocycles. The lowest BCUT2D eigenvalue weighted by Crippen LogP contribution is -2.37. The van der Waals surface area contributed by atoms with Crippen molar-refractivity contribution in [1.82, 2.24) is 10.6 Å². The van der Waals surface area contributed by atoms with Gasteiger partial charge in [-0.2, -0.15) is 0 Å². The molecule has 2 amide bonds. The van der Waals surface area contributed by atoms with Crippen molar-refractivity contribution in [3.05, 3.63) is 59.7 Å². The van der Waals surface area contributed by atoms with Crippen LogP contribution in [0.15, 0.2) is 48.5 Å². The van der Waals surface area contributed by atoms with Crippen molar-refractivity contribution in [2.24, 2.45) is 11.8 Å². The van der Waals surface area contributed by atoms with E-state index in [1.54, 1.807) is 0 Å². The number of carboxylic acid groups (broad SMARTS) is 1. The molecule has 2 aliphatic carbocycles. The van der Waals surface area contributed by atoms with Gasteiger partial charge in [0.1, 0.15) is 6.61 Å². The Balaban J connectivity index is 1.23. The van der Waals surface area contributed by atoms with Crippen molar-refractivity contribution >= 4 is 18.0 Å². The Morgan fingerprint density at radius 2 is 1.66 bits per heavy atom. The summed E-state index contributed by atoms with van der Waals surface area (Å²) in [5, 5.41) is 14.8. The maximum atomic E-state index is 12.5. The van der Waals surface area contributed by atoms with Crippen molar-refractivity contribution in [1.29, 1.82) is 0 Å². The molecule has 3 N–H and O–H groups in total. The van der Waals surface area contributed by atoms with Gasteiger partial charge < -0.3 is 20.5 Å². The van der Waals surface area contributed by atoms with Crippen LogP contribution >= 0.6 is 0 Å². The van der Waals surface area contributed by atoms with Crippen LogP contribution in [0.4, 0.5) is 4.79 Å². The molecular formula is C28H34N2O5. The van der Waals surface area contributed by atoms with E-state index >= 15 is 0 Å². The number of benzene rings is 2. The molecule has 2 unspecified atom stereocenters. The number of carboxylic acids is 1. The van der Waals surface area contributed by atoms with Crippen molar-refractivity contribution in [3.8, 4) is 11.1 Å². The number of amides is 2. The van der Waals surface area contributed by atoms with Gasteiger partial charge in [-0.15, -0.1) is 0 Å². The summed E-state index contributed by atoms with van der Waals surface area (Å²) in [7, 11) is 0. The molecule has 2 atom stereocenters. The Kier molecular flexibility index (Phi) is 8.06. The van der Waals surface area contributed by atoms with Gasteiger partial charge >= 0.3 is 12.1 Å². The monoisotopic (exact) mass is 478 g/mol. The summed E-state index contributed by atoms with van der Waals surface area (Å²) < 4.78 is 5.62. The summed E-state index contributed by atoms with van der Waals surface area (Å²) in [6.45, 7) is 2.61. The Morgan fingerprint density at radius 1 is 1.03 bits per heavy atom. The lowest BCUT2D eigenvalue weighted by molar-refractivity contribution is -0.138. The zero-order chi connectivity index (χ0) is 24.8. The zero-order valence-corrected chi connectivity index (χ0v) is 20.2. The average Bonchev–Trinajstić information content (AvgIpc) is 3.65. The number of nitrogens with one attached hydrogen (secondary N) is 2. The van der Waals surface area contributed by atoms with Gasteiger partial charge in [0.15, 0.2) is 0 Å². The van der Waals surface area contributed by atoms with Gasteiger partial charge in [-0.1, -0.05) is 55.5 Å². The number of fused-ring (bicyclic) bond motifs is 3. The number of ether oxygens (including phenoxy) is 1. The second kappa shape index (κ2) is 11.4. The highest BCUT2D eigenvalue weighted by Crippen LogP contribution is 2.44. The fraction of sp³-hybridized carbons (Fsp3) is 0.464. The van der Waals surface area contributed by atoms with Gasteiger partial charge in [-0.25, -0.2) is 4.79 Å². The molecular weight excluding hydrogens is 444 g/mol. The molecule has 2 aliphatic rings. The Labute approximate surface area is 206 Å². The maximum Gasteiger partial charge on any atom is 0.407 e. The van der Waals surface area contributed by atoms with Crippen molar-refractivity contribution in [2.45, 2.75) is 57.4 Å². The standard InChI is InChI=1S/C28H34N2O5/c1-2-20(13-14-26(31)29-16-19(15-27(32)33)18-11-12-18)30-28(34)35-17-25-23-9-5-3-7-21(23)22-8-4-6-10-24(22)25/h3-10,18-20,25H,2,11-17H2,1H3,(H,29,31)(H,30,34)(H,32,33). The number of carbonyl (C=O) groups excluding carboxylic acids is 2. The summed E-state index contributed by atoms with van der Waals surface area (Å²) in [4.78, 5) is 35.9. The van der Waals surface area contributed by atoms with E-state index in [2.05, 4.69) is 34.9 Å². The predicted octanol–water partition coefficient (Wildman–Crippen LogP) is 4.70. The van der Waals surface area contributed by atoms with Crippen LogP contribution in [0.3, 0.4) is 0 Å². The van der Waals surface area contributed by atoms with Crippen LogP contribution in [0.5, 0.6) is 0 Å². The molecule has 0 aromatic heterocycles. The van der Waals surface area contributed by atoms with Crippen LogP contribution in [0.1, 0.15) is 62.5 Å². The third kappa shape index (κ3) is 6.41. The van der Waals surface area contributed by atoms with E-state index in [0.717, 1.165) is 24.0 Å². The molecule has 2 aromatic rings. The lowest BCUT2D eigenvalue weighted by Gasteiger charge is -2.19. The van der Waals surface area contributed by atoms with E-state index in [9.17, 15) is 14.4 Å². The molecule has 4 rings (SSSR count). The van der Waals surface area contributed by atoms with Gasteiger partial charge in [0, 0.05) is 24.9 Å². The van der Waals surface area contributed by atoms with E-state index in [-0.39, 0.29) is 43.2 Å². The predicted molar refractivity (Wildman–Crippen MR) is 133 cm³/mol. The molecule has 0 spiro atoms. The number of rotatable bonds is 12. The minimum atomic E-state index is -0.825. The summed E-state index contributed by atoms with van der Waals surface area (Å²) in [5.41, 5.74) is 4.69. The largest absolute Gasteiger partial charge is 0.481 e. The number of alkyl carbamates (subject to hydrolysis) is 1. The average molecular weight is 479 g/mol. The van der Waals surface area contributed by atoms with E-state index in [1.165, 1.54) is 11.1 Å². The van der Waals surface area contributed by atoms with Crippen LogP contribution in [0.2, 0.25) is 0 Å². The van der Waals surface area contributed by atoms with E-state index in [4.69, 9.17) is 9.84 Å². The molecule has 2 aromatic carbocycles. The minimum absolute atomic E-state index is 0.00243. The molecule has 1 saturated carbocycles. The summed E-state index contributed by atoms with van der Waals surface area (Å²) in [5.74, 6) is -0.532. The topological polar surface area (TPSA) is 105 Å². The van der Waals surface area contributed by atoms with Crippen LogP contribution < -0.4 is 10.6 Å². The molecule has 35 heavy (non-hydrogen) atoms. The number of carbonyl (C=O) groups is 3. The highest BCUT2D eigenvalue weighted by atomic mass is 16.5. The van der Waals surface area contributed by atoms with E-state index < -0.39 is 12.1 Å². The van der Waals surface area contributed by atoms with E-state index in [0.29, 0.717) is 25.3 Å². The van der Waals surface area contributed by atoms with Gasteiger partial charge in [0.25, 0.3) is 0 Å². The smallest absolute Gasteiger partial charge is 0.407 e. The highest BCUT2D eigenvalue weighted by molar-refractivity contribution is 5.79. The third-order valence-electron chi connectivity index (χ3n) is 7.17. The highest BCUT2D eigenvalue weighted by Gasteiger charge is 2.33. The van der Waals surface area contributed by atoms with Crippen LogP contribution in [-0.2, 0) is 14.3 Å². The summed E-state index contributed by atoms with van der Waals surface area (Å²) in [6, 6.07) is 16.2. The second-order valence-electron chi connectivity index (χ2n) is 9.61.